The third-order valence-corrected chi connectivity index (χ3v) is 3.55. The van der Waals surface area contributed by atoms with Gasteiger partial charge in [-0.05, 0) is 34.1 Å². The SMILES string of the molecule is CCCCOCCNC(C)(C)C(C)(C)C(=O)O. The Labute approximate surface area is 105 Å². The van der Waals surface area contributed by atoms with Crippen molar-refractivity contribution in [3.63, 3.8) is 0 Å². The van der Waals surface area contributed by atoms with E-state index >= 15 is 0 Å². The molecule has 0 saturated carbocycles. The summed E-state index contributed by atoms with van der Waals surface area (Å²) in [6, 6.07) is 0. The van der Waals surface area contributed by atoms with E-state index in [1.165, 1.54) is 0 Å². The molecule has 0 rings (SSSR count). The highest BCUT2D eigenvalue weighted by atomic mass is 16.5. The van der Waals surface area contributed by atoms with Crippen molar-refractivity contribution in [2.24, 2.45) is 5.41 Å². The number of nitrogens with one attached hydrogen (secondary N) is 1. The lowest BCUT2D eigenvalue weighted by molar-refractivity contribution is -0.151. The molecule has 4 nitrogen and oxygen atoms in total. The van der Waals surface area contributed by atoms with E-state index in [-0.39, 0.29) is 0 Å². The number of ether oxygens (including phenoxy) is 1. The summed E-state index contributed by atoms with van der Waals surface area (Å²) < 4.78 is 5.43. The fraction of sp³-hybridized carbons (Fsp3) is 0.923. The van der Waals surface area contributed by atoms with Gasteiger partial charge in [0.25, 0.3) is 0 Å². The molecule has 0 unspecified atom stereocenters. The first kappa shape index (κ1) is 16.4. The lowest BCUT2D eigenvalue weighted by atomic mass is 9.74. The fourth-order valence-electron chi connectivity index (χ4n) is 1.27. The molecule has 0 saturated heterocycles. The van der Waals surface area contributed by atoms with Crippen LogP contribution in [0.2, 0.25) is 0 Å². The summed E-state index contributed by atoms with van der Waals surface area (Å²) in [6.45, 7) is 11.5. The summed E-state index contributed by atoms with van der Waals surface area (Å²) in [5, 5.41) is 12.4. The summed E-state index contributed by atoms with van der Waals surface area (Å²) in [5.74, 6) is -0.790. The van der Waals surface area contributed by atoms with E-state index in [2.05, 4.69) is 12.2 Å². The normalized spacial score (nSPS) is 12.8. The molecule has 0 aliphatic carbocycles. The molecule has 0 aromatic carbocycles. The van der Waals surface area contributed by atoms with Crippen LogP contribution in [0.4, 0.5) is 0 Å². The van der Waals surface area contributed by atoms with Crippen molar-refractivity contribution in [1.82, 2.24) is 5.32 Å². The molecule has 17 heavy (non-hydrogen) atoms. The Morgan fingerprint density at radius 2 is 1.82 bits per heavy atom. The molecular weight excluding hydrogens is 218 g/mol. The predicted molar refractivity (Wildman–Crippen MR) is 69.2 cm³/mol. The van der Waals surface area contributed by atoms with Gasteiger partial charge in [-0.25, -0.2) is 0 Å². The zero-order valence-corrected chi connectivity index (χ0v) is 11.8. The van der Waals surface area contributed by atoms with Crippen molar-refractivity contribution in [3.05, 3.63) is 0 Å². The fourth-order valence-corrected chi connectivity index (χ4v) is 1.27. The van der Waals surface area contributed by atoms with E-state index < -0.39 is 16.9 Å². The molecule has 0 bridgehead atoms. The summed E-state index contributed by atoms with van der Waals surface area (Å²) in [7, 11) is 0. The second-order valence-electron chi connectivity index (χ2n) is 5.45. The predicted octanol–water partition coefficient (Wildman–Crippen LogP) is 2.28. The minimum atomic E-state index is -0.809. The highest BCUT2D eigenvalue weighted by Gasteiger charge is 2.42. The highest BCUT2D eigenvalue weighted by Crippen LogP contribution is 2.30. The second-order valence-corrected chi connectivity index (χ2v) is 5.45. The summed E-state index contributed by atoms with van der Waals surface area (Å²) in [6.07, 6.45) is 2.20. The zero-order valence-electron chi connectivity index (χ0n) is 11.8. The van der Waals surface area contributed by atoms with Crippen LogP contribution in [0.1, 0.15) is 47.5 Å². The Bertz CT molecular complexity index is 237. The highest BCUT2D eigenvalue weighted by molar-refractivity contribution is 5.75. The Kier molecular flexibility index (Phi) is 6.72. The number of hydrogen-bond acceptors (Lipinski definition) is 3. The van der Waals surface area contributed by atoms with Crippen molar-refractivity contribution in [1.29, 1.82) is 0 Å². The largest absolute Gasteiger partial charge is 0.481 e. The van der Waals surface area contributed by atoms with E-state index in [4.69, 9.17) is 4.74 Å². The number of carboxylic acids is 1. The minimum Gasteiger partial charge on any atom is -0.481 e. The lowest BCUT2D eigenvalue weighted by Gasteiger charge is -2.39. The lowest BCUT2D eigenvalue weighted by Crippen LogP contribution is -2.55. The average molecular weight is 245 g/mol. The van der Waals surface area contributed by atoms with Gasteiger partial charge in [0.1, 0.15) is 0 Å². The zero-order chi connectivity index (χ0) is 13.5. The summed E-state index contributed by atoms with van der Waals surface area (Å²) in [4.78, 5) is 11.2. The van der Waals surface area contributed by atoms with Gasteiger partial charge < -0.3 is 15.2 Å². The summed E-state index contributed by atoms with van der Waals surface area (Å²) in [5.41, 5.74) is -1.27. The van der Waals surface area contributed by atoms with Gasteiger partial charge in [-0.15, -0.1) is 0 Å². The van der Waals surface area contributed by atoms with Crippen molar-refractivity contribution < 1.29 is 14.6 Å². The first-order valence-corrected chi connectivity index (χ1v) is 6.32. The molecule has 4 heteroatoms. The third kappa shape index (κ3) is 5.04. The van der Waals surface area contributed by atoms with Gasteiger partial charge in [0.05, 0.1) is 12.0 Å². The maximum absolute atomic E-state index is 11.2. The maximum atomic E-state index is 11.2. The molecule has 2 N–H and O–H groups in total. The van der Waals surface area contributed by atoms with Crippen LogP contribution in [0, 0.1) is 5.41 Å². The number of carboxylic acid groups (broad SMARTS) is 1. The van der Waals surface area contributed by atoms with Gasteiger partial charge in [-0.2, -0.15) is 0 Å². The number of aliphatic carboxylic acids is 1. The summed E-state index contributed by atoms with van der Waals surface area (Å²) >= 11 is 0. The second kappa shape index (κ2) is 6.97. The van der Waals surface area contributed by atoms with E-state index in [0.717, 1.165) is 19.4 Å². The standard InChI is InChI=1S/C13H27NO3/c1-6-7-9-17-10-8-14-13(4,5)12(2,3)11(15)16/h14H,6-10H2,1-5H3,(H,15,16). The molecule has 0 fully saturated rings. The van der Waals surface area contributed by atoms with Crippen LogP contribution < -0.4 is 5.32 Å². The molecule has 102 valence electrons. The minimum absolute atomic E-state index is 0.465. The quantitative estimate of drug-likeness (QED) is 0.612. The topological polar surface area (TPSA) is 58.6 Å². The van der Waals surface area contributed by atoms with Gasteiger partial charge in [0, 0.05) is 18.7 Å². The number of unbranched alkanes of at least 4 members (excludes halogenated alkanes) is 1. The Morgan fingerprint density at radius 1 is 1.24 bits per heavy atom. The van der Waals surface area contributed by atoms with Crippen LogP contribution in [0.15, 0.2) is 0 Å². The van der Waals surface area contributed by atoms with Crippen LogP contribution in [0.3, 0.4) is 0 Å². The van der Waals surface area contributed by atoms with E-state index in [9.17, 15) is 9.90 Å². The molecule has 0 radical (unpaired) electrons. The first-order valence-electron chi connectivity index (χ1n) is 6.32. The molecule has 0 aliphatic rings. The van der Waals surface area contributed by atoms with Crippen molar-refractivity contribution in [2.75, 3.05) is 19.8 Å². The molecule has 0 spiro atoms. The molecular formula is C13H27NO3. The average Bonchev–Trinajstić information content (AvgIpc) is 2.22. The maximum Gasteiger partial charge on any atom is 0.310 e. The number of rotatable bonds is 9. The first-order chi connectivity index (χ1) is 7.75. The van der Waals surface area contributed by atoms with Gasteiger partial charge in [0.2, 0.25) is 0 Å². The van der Waals surface area contributed by atoms with Crippen LogP contribution in [-0.4, -0.2) is 36.4 Å². The molecule has 0 atom stereocenters. The molecule has 0 aromatic rings. The van der Waals surface area contributed by atoms with Crippen LogP contribution in [0.25, 0.3) is 0 Å². The molecule has 0 aromatic heterocycles. The van der Waals surface area contributed by atoms with E-state index in [0.29, 0.717) is 13.2 Å². The van der Waals surface area contributed by atoms with Gasteiger partial charge in [-0.3, -0.25) is 4.79 Å². The van der Waals surface area contributed by atoms with Gasteiger partial charge >= 0.3 is 5.97 Å². The Hall–Kier alpha value is -0.610. The van der Waals surface area contributed by atoms with E-state index in [1.54, 1.807) is 13.8 Å². The van der Waals surface area contributed by atoms with Crippen molar-refractivity contribution in [2.45, 2.75) is 53.0 Å². The Morgan fingerprint density at radius 3 is 2.29 bits per heavy atom. The van der Waals surface area contributed by atoms with Crippen LogP contribution in [0.5, 0.6) is 0 Å². The van der Waals surface area contributed by atoms with Crippen LogP contribution >= 0.6 is 0 Å². The number of hydrogen-bond donors (Lipinski definition) is 2. The van der Waals surface area contributed by atoms with Crippen LogP contribution in [-0.2, 0) is 9.53 Å². The molecule has 0 aliphatic heterocycles. The van der Waals surface area contributed by atoms with Gasteiger partial charge in [0.15, 0.2) is 0 Å². The smallest absolute Gasteiger partial charge is 0.310 e. The van der Waals surface area contributed by atoms with Crippen molar-refractivity contribution in [3.8, 4) is 0 Å². The van der Waals surface area contributed by atoms with Crippen molar-refractivity contribution >= 4 is 5.97 Å². The molecule has 0 amide bonds. The Balaban J connectivity index is 3.98. The number of carbonyl (C=O) groups is 1. The third-order valence-electron chi connectivity index (χ3n) is 3.55. The molecule has 0 heterocycles. The van der Waals surface area contributed by atoms with E-state index in [1.807, 2.05) is 13.8 Å². The monoisotopic (exact) mass is 245 g/mol. The van der Waals surface area contributed by atoms with Gasteiger partial charge in [-0.1, -0.05) is 13.3 Å².